The van der Waals surface area contributed by atoms with Gasteiger partial charge in [-0.1, -0.05) is 29.4 Å². The van der Waals surface area contributed by atoms with E-state index in [9.17, 15) is 13.2 Å². The van der Waals surface area contributed by atoms with Crippen molar-refractivity contribution in [3.05, 3.63) is 35.4 Å². The molecule has 1 aliphatic rings. The maximum absolute atomic E-state index is 12.9. The Morgan fingerprint density at radius 1 is 1.43 bits per heavy atom. The van der Waals surface area contributed by atoms with Crippen LogP contribution in [-0.2, 0) is 11.2 Å². The van der Waals surface area contributed by atoms with Gasteiger partial charge in [0.2, 0.25) is 0 Å². The van der Waals surface area contributed by atoms with E-state index < -0.39 is 24.5 Å². The lowest BCUT2D eigenvalue weighted by Gasteiger charge is -2.28. The summed E-state index contributed by atoms with van der Waals surface area (Å²) in [5.41, 5.74) is 7.13. The average Bonchev–Trinajstić information content (AvgIpc) is 2.46. The number of alkyl halides is 3. The number of hydrogen-bond acceptors (Lipinski definition) is 3. The summed E-state index contributed by atoms with van der Waals surface area (Å²) < 4.78 is 44.0. The molecule has 0 amide bonds. The molecular formula is C14H17F3N2O2. The number of benzene rings is 1. The second kappa shape index (κ2) is 6.34. The molecule has 2 unspecified atom stereocenters. The van der Waals surface area contributed by atoms with Crippen LogP contribution in [0.3, 0.4) is 0 Å². The van der Waals surface area contributed by atoms with Gasteiger partial charge in [-0.05, 0) is 30.4 Å². The molecular weight excluding hydrogens is 285 g/mol. The molecule has 0 aliphatic heterocycles. The second-order valence-electron chi connectivity index (χ2n) is 5.03. The fraction of sp³-hybridized carbons (Fsp3) is 0.500. The largest absolute Gasteiger partial charge is 0.409 e. The minimum Gasteiger partial charge on any atom is -0.409 e. The number of hydrogen-bond donors (Lipinski definition) is 2. The van der Waals surface area contributed by atoms with E-state index >= 15 is 0 Å². The number of nitrogens with two attached hydrogens (primary N) is 1. The molecule has 0 saturated carbocycles. The number of aryl methyl sites for hydroxylation is 1. The first-order valence-electron chi connectivity index (χ1n) is 6.67. The smallest absolute Gasteiger partial charge is 0.401 e. The molecule has 116 valence electrons. The summed E-state index contributed by atoms with van der Waals surface area (Å²) in [6, 6.07) is 7.56. The van der Waals surface area contributed by atoms with Crippen LogP contribution in [0.4, 0.5) is 13.2 Å². The number of nitrogens with zero attached hydrogens (tertiary/aromatic N) is 1. The van der Waals surface area contributed by atoms with Crippen LogP contribution in [0.5, 0.6) is 0 Å². The van der Waals surface area contributed by atoms with Crippen molar-refractivity contribution < 1.29 is 23.1 Å². The van der Waals surface area contributed by atoms with Gasteiger partial charge in [-0.25, -0.2) is 0 Å². The molecule has 1 aromatic carbocycles. The highest BCUT2D eigenvalue weighted by molar-refractivity contribution is 5.83. The normalized spacial score (nSPS) is 20.9. The van der Waals surface area contributed by atoms with Crippen molar-refractivity contribution in [2.45, 2.75) is 31.5 Å². The molecule has 3 N–H and O–H groups in total. The lowest BCUT2D eigenvalue weighted by atomic mass is 9.89. The van der Waals surface area contributed by atoms with E-state index in [0.717, 1.165) is 24.0 Å². The molecule has 0 spiro atoms. The third-order valence-corrected chi connectivity index (χ3v) is 3.65. The van der Waals surface area contributed by atoms with Crippen LogP contribution in [0.15, 0.2) is 29.4 Å². The Labute approximate surface area is 120 Å². The zero-order valence-electron chi connectivity index (χ0n) is 11.3. The van der Waals surface area contributed by atoms with E-state index in [1.54, 1.807) is 0 Å². The van der Waals surface area contributed by atoms with Gasteiger partial charge in [0.15, 0.2) is 5.84 Å². The Balaban J connectivity index is 2.09. The summed E-state index contributed by atoms with van der Waals surface area (Å²) in [4.78, 5) is 0. The first-order valence-corrected chi connectivity index (χ1v) is 6.67. The predicted octanol–water partition coefficient (Wildman–Crippen LogP) is 3.01. The van der Waals surface area contributed by atoms with Crippen LogP contribution in [0.1, 0.15) is 30.1 Å². The van der Waals surface area contributed by atoms with Crippen molar-refractivity contribution in [1.29, 1.82) is 0 Å². The molecule has 0 bridgehead atoms. The minimum absolute atomic E-state index is 0.383. The van der Waals surface area contributed by atoms with Gasteiger partial charge in [-0.15, -0.1) is 0 Å². The van der Waals surface area contributed by atoms with E-state index in [-0.39, 0.29) is 6.10 Å². The summed E-state index contributed by atoms with van der Waals surface area (Å²) in [7, 11) is 0. The molecule has 7 heteroatoms. The molecule has 21 heavy (non-hydrogen) atoms. The highest BCUT2D eigenvalue weighted by atomic mass is 19.4. The zero-order valence-corrected chi connectivity index (χ0v) is 11.3. The molecule has 1 aromatic rings. The van der Waals surface area contributed by atoms with Gasteiger partial charge in [-0.2, -0.15) is 13.2 Å². The van der Waals surface area contributed by atoms with Crippen LogP contribution in [-0.4, -0.2) is 23.8 Å². The maximum Gasteiger partial charge on any atom is 0.401 e. The number of rotatable bonds is 4. The SMILES string of the molecule is N/C(=N/O)C(COC1CCCc2ccccc21)C(F)(F)F. The molecule has 0 radical (unpaired) electrons. The van der Waals surface area contributed by atoms with E-state index in [0.29, 0.717) is 6.42 Å². The van der Waals surface area contributed by atoms with E-state index in [1.165, 1.54) is 0 Å². The molecule has 0 fully saturated rings. The second-order valence-corrected chi connectivity index (χ2v) is 5.03. The predicted molar refractivity (Wildman–Crippen MR) is 71.0 cm³/mol. The van der Waals surface area contributed by atoms with Gasteiger partial charge < -0.3 is 15.7 Å². The van der Waals surface area contributed by atoms with Crippen molar-refractivity contribution in [3.8, 4) is 0 Å². The fourth-order valence-electron chi connectivity index (χ4n) is 2.51. The first kappa shape index (κ1) is 15.6. The first-order chi connectivity index (χ1) is 9.93. The van der Waals surface area contributed by atoms with Gasteiger partial charge in [-0.3, -0.25) is 0 Å². The number of fused-ring (bicyclic) bond motifs is 1. The molecule has 0 aromatic heterocycles. The van der Waals surface area contributed by atoms with E-state index in [2.05, 4.69) is 5.16 Å². The Kier molecular flexibility index (Phi) is 4.72. The molecule has 0 saturated heterocycles. The third kappa shape index (κ3) is 3.66. The summed E-state index contributed by atoms with van der Waals surface area (Å²) in [5, 5.41) is 10.9. The van der Waals surface area contributed by atoms with Crippen LogP contribution < -0.4 is 5.73 Å². The Morgan fingerprint density at radius 3 is 2.81 bits per heavy atom. The number of oxime groups is 1. The van der Waals surface area contributed by atoms with E-state index in [1.807, 2.05) is 24.3 Å². The van der Waals surface area contributed by atoms with Gasteiger partial charge >= 0.3 is 6.18 Å². The molecule has 1 aliphatic carbocycles. The van der Waals surface area contributed by atoms with Crippen molar-refractivity contribution in [2.24, 2.45) is 16.8 Å². The topological polar surface area (TPSA) is 67.8 Å². The average molecular weight is 302 g/mol. The van der Waals surface area contributed by atoms with Crippen molar-refractivity contribution in [3.63, 3.8) is 0 Å². The summed E-state index contributed by atoms with van der Waals surface area (Å²) in [6.07, 6.45) is -2.56. The number of ether oxygens (including phenoxy) is 1. The Bertz CT molecular complexity index is 517. The Morgan fingerprint density at radius 2 is 2.14 bits per heavy atom. The monoisotopic (exact) mass is 302 g/mol. The van der Waals surface area contributed by atoms with Crippen molar-refractivity contribution in [1.82, 2.24) is 0 Å². The lowest BCUT2D eigenvalue weighted by Crippen LogP contribution is -2.39. The third-order valence-electron chi connectivity index (χ3n) is 3.65. The summed E-state index contributed by atoms with van der Waals surface area (Å²) in [5.74, 6) is -2.98. The number of amidine groups is 1. The molecule has 2 rings (SSSR count). The Hall–Kier alpha value is -1.76. The summed E-state index contributed by atoms with van der Waals surface area (Å²) in [6.45, 7) is -0.654. The maximum atomic E-state index is 12.9. The van der Waals surface area contributed by atoms with Gasteiger partial charge in [0.25, 0.3) is 0 Å². The summed E-state index contributed by atoms with van der Waals surface area (Å²) >= 11 is 0. The molecule has 4 nitrogen and oxygen atoms in total. The van der Waals surface area contributed by atoms with Gasteiger partial charge in [0.1, 0.15) is 5.92 Å². The molecule has 2 atom stereocenters. The van der Waals surface area contributed by atoms with Crippen LogP contribution >= 0.6 is 0 Å². The van der Waals surface area contributed by atoms with Gasteiger partial charge in [0, 0.05) is 0 Å². The minimum atomic E-state index is -4.61. The number of halogens is 3. The standard InChI is InChI=1S/C14H17F3N2O2/c15-14(16,17)11(13(18)19-20)8-21-12-7-3-5-9-4-1-2-6-10(9)12/h1-2,4,6,11-12,20H,3,5,7-8H2,(H2,18,19). The van der Waals surface area contributed by atoms with Crippen molar-refractivity contribution in [2.75, 3.05) is 6.61 Å². The fourth-order valence-corrected chi connectivity index (χ4v) is 2.51. The van der Waals surface area contributed by atoms with Crippen LogP contribution in [0.2, 0.25) is 0 Å². The van der Waals surface area contributed by atoms with Crippen molar-refractivity contribution >= 4 is 5.84 Å². The van der Waals surface area contributed by atoms with E-state index in [4.69, 9.17) is 15.7 Å². The van der Waals surface area contributed by atoms with Crippen LogP contribution in [0.25, 0.3) is 0 Å². The molecule has 0 heterocycles. The highest BCUT2D eigenvalue weighted by Gasteiger charge is 2.43. The van der Waals surface area contributed by atoms with Crippen LogP contribution in [0, 0.1) is 5.92 Å². The quantitative estimate of drug-likeness (QED) is 0.389. The highest BCUT2D eigenvalue weighted by Crippen LogP contribution is 2.34. The zero-order chi connectivity index (χ0) is 15.5. The lowest BCUT2D eigenvalue weighted by molar-refractivity contribution is -0.173. The van der Waals surface area contributed by atoms with Gasteiger partial charge in [0.05, 0.1) is 12.7 Å².